The molecule has 0 bridgehead atoms. The van der Waals surface area contributed by atoms with Gasteiger partial charge in [0.2, 0.25) is 0 Å². The van der Waals surface area contributed by atoms with Gasteiger partial charge in [0.05, 0.1) is 10.6 Å². The van der Waals surface area contributed by atoms with Crippen LogP contribution < -0.4 is 16.2 Å². The fraction of sp³-hybridized carbons (Fsp3) is 0.333. The van der Waals surface area contributed by atoms with Crippen molar-refractivity contribution in [2.45, 2.75) is 6.42 Å². The first-order chi connectivity index (χ1) is 9.15. The van der Waals surface area contributed by atoms with E-state index in [9.17, 15) is 4.79 Å². The number of nitrogens with one attached hydrogen (secondary N) is 3. The van der Waals surface area contributed by atoms with Crippen molar-refractivity contribution < 1.29 is 9.53 Å². The summed E-state index contributed by atoms with van der Waals surface area (Å²) in [6.45, 7) is 1.32. The number of rotatable bonds is 5. The Balaban J connectivity index is 2.30. The molecule has 0 aliphatic carbocycles. The van der Waals surface area contributed by atoms with Crippen LogP contribution in [0.5, 0.6) is 0 Å². The summed E-state index contributed by atoms with van der Waals surface area (Å²) in [4.78, 5) is 11.8. The summed E-state index contributed by atoms with van der Waals surface area (Å²) < 4.78 is 4.90. The smallest absolute Gasteiger partial charge is 0.271 e. The Morgan fingerprint density at radius 1 is 1.37 bits per heavy atom. The average Bonchev–Trinajstić information content (AvgIpc) is 2.41. The molecule has 0 aromatic heterocycles. The standard InChI is InChI=1S/C12H16ClN3O2S/c1-18-8-4-7-14-12(19)16-15-11(17)9-5-2-3-6-10(9)13/h2-3,5-6H,4,7-8H2,1H3,(H,15,17)(H2,14,16,19). The summed E-state index contributed by atoms with van der Waals surface area (Å²) in [6, 6.07) is 6.78. The number of thiocarbonyl (C=S) groups is 1. The number of hydrazine groups is 1. The molecule has 1 aromatic rings. The van der Waals surface area contributed by atoms with E-state index in [4.69, 9.17) is 28.6 Å². The molecule has 7 heteroatoms. The summed E-state index contributed by atoms with van der Waals surface area (Å²) >= 11 is 10.9. The van der Waals surface area contributed by atoms with Gasteiger partial charge >= 0.3 is 0 Å². The third-order valence-corrected chi connectivity index (χ3v) is 2.79. The Morgan fingerprint density at radius 2 is 2.11 bits per heavy atom. The molecule has 0 aliphatic rings. The van der Waals surface area contributed by atoms with Gasteiger partial charge in [0.25, 0.3) is 5.91 Å². The highest BCUT2D eigenvalue weighted by Gasteiger charge is 2.08. The highest BCUT2D eigenvalue weighted by atomic mass is 35.5. The van der Waals surface area contributed by atoms with E-state index in [-0.39, 0.29) is 5.91 Å². The van der Waals surface area contributed by atoms with Crippen molar-refractivity contribution in [2.75, 3.05) is 20.3 Å². The Bertz CT molecular complexity index is 443. The van der Waals surface area contributed by atoms with Crippen molar-refractivity contribution in [3.8, 4) is 0 Å². The number of methoxy groups -OCH3 is 1. The second kappa shape index (κ2) is 8.68. The third kappa shape index (κ3) is 5.87. The van der Waals surface area contributed by atoms with E-state index >= 15 is 0 Å². The Hall–Kier alpha value is -1.37. The number of ether oxygens (including phenoxy) is 1. The van der Waals surface area contributed by atoms with Gasteiger partial charge in [0.1, 0.15) is 0 Å². The van der Waals surface area contributed by atoms with Crippen molar-refractivity contribution >= 4 is 34.8 Å². The quantitative estimate of drug-likeness (QED) is 0.437. The highest BCUT2D eigenvalue weighted by Crippen LogP contribution is 2.13. The lowest BCUT2D eigenvalue weighted by atomic mass is 10.2. The molecular weight excluding hydrogens is 286 g/mol. The second-order valence-electron chi connectivity index (χ2n) is 3.66. The fourth-order valence-electron chi connectivity index (χ4n) is 1.29. The van der Waals surface area contributed by atoms with Crippen molar-refractivity contribution in [1.82, 2.24) is 16.2 Å². The van der Waals surface area contributed by atoms with Crippen molar-refractivity contribution in [2.24, 2.45) is 0 Å². The molecule has 104 valence electrons. The first kappa shape index (κ1) is 15.7. The van der Waals surface area contributed by atoms with Gasteiger partial charge in [-0.05, 0) is 30.8 Å². The van der Waals surface area contributed by atoms with Crippen LogP contribution in [0.15, 0.2) is 24.3 Å². The molecule has 1 rings (SSSR count). The summed E-state index contributed by atoms with van der Waals surface area (Å²) in [5, 5.41) is 3.67. The molecular formula is C12H16ClN3O2S. The molecule has 0 unspecified atom stereocenters. The maximum absolute atomic E-state index is 11.8. The lowest BCUT2D eigenvalue weighted by Gasteiger charge is -2.11. The van der Waals surface area contributed by atoms with Crippen LogP contribution in [0.4, 0.5) is 0 Å². The van der Waals surface area contributed by atoms with Crippen LogP contribution in [0.1, 0.15) is 16.8 Å². The monoisotopic (exact) mass is 301 g/mol. The third-order valence-electron chi connectivity index (χ3n) is 2.22. The molecule has 0 aliphatic heterocycles. The van der Waals surface area contributed by atoms with Crippen LogP contribution in [0.3, 0.4) is 0 Å². The molecule has 19 heavy (non-hydrogen) atoms. The van der Waals surface area contributed by atoms with Crippen LogP contribution >= 0.6 is 23.8 Å². The van der Waals surface area contributed by atoms with Crippen LogP contribution in [-0.2, 0) is 4.74 Å². The van der Waals surface area contributed by atoms with Crippen molar-refractivity contribution in [3.63, 3.8) is 0 Å². The Morgan fingerprint density at radius 3 is 2.79 bits per heavy atom. The van der Waals surface area contributed by atoms with Crippen molar-refractivity contribution in [3.05, 3.63) is 34.9 Å². The molecule has 5 nitrogen and oxygen atoms in total. The predicted octanol–water partition coefficient (Wildman–Crippen LogP) is 1.49. The lowest BCUT2D eigenvalue weighted by molar-refractivity contribution is 0.0944. The summed E-state index contributed by atoms with van der Waals surface area (Å²) in [6.07, 6.45) is 0.830. The van der Waals surface area contributed by atoms with Gasteiger partial charge in [-0.15, -0.1) is 0 Å². The van der Waals surface area contributed by atoms with Gasteiger partial charge in [-0.3, -0.25) is 15.6 Å². The van der Waals surface area contributed by atoms with E-state index < -0.39 is 0 Å². The zero-order chi connectivity index (χ0) is 14.1. The lowest BCUT2D eigenvalue weighted by Crippen LogP contribution is -2.47. The molecule has 0 fully saturated rings. The van der Waals surface area contributed by atoms with Crippen LogP contribution in [0.2, 0.25) is 5.02 Å². The minimum atomic E-state index is -0.341. The maximum atomic E-state index is 11.8. The largest absolute Gasteiger partial charge is 0.385 e. The molecule has 0 atom stereocenters. The Kier molecular flexibility index (Phi) is 7.17. The molecule has 3 N–H and O–H groups in total. The number of hydrogen-bond acceptors (Lipinski definition) is 3. The number of carbonyl (C=O) groups excluding carboxylic acids is 1. The van der Waals surface area contributed by atoms with Gasteiger partial charge in [0.15, 0.2) is 5.11 Å². The zero-order valence-corrected chi connectivity index (χ0v) is 12.1. The number of hydrogen-bond donors (Lipinski definition) is 3. The minimum absolute atomic E-state index is 0.341. The number of carbonyl (C=O) groups is 1. The van der Waals surface area contributed by atoms with Crippen molar-refractivity contribution in [1.29, 1.82) is 0 Å². The van der Waals surface area contributed by atoms with Gasteiger partial charge in [-0.2, -0.15) is 0 Å². The highest BCUT2D eigenvalue weighted by molar-refractivity contribution is 7.80. The number of amides is 1. The topological polar surface area (TPSA) is 62.4 Å². The summed E-state index contributed by atoms with van der Waals surface area (Å²) in [5.74, 6) is -0.341. The molecule has 1 aromatic carbocycles. The number of benzene rings is 1. The van der Waals surface area contributed by atoms with Gasteiger partial charge in [-0.25, -0.2) is 0 Å². The summed E-state index contributed by atoms with van der Waals surface area (Å²) in [5.41, 5.74) is 5.47. The van der Waals surface area contributed by atoms with E-state index in [1.54, 1.807) is 31.4 Å². The normalized spacial score (nSPS) is 9.79. The maximum Gasteiger partial charge on any atom is 0.271 e. The summed E-state index contributed by atoms with van der Waals surface area (Å²) in [7, 11) is 1.64. The average molecular weight is 302 g/mol. The van der Waals surface area contributed by atoms with Crippen LogP contribution in [0.25, 0.3) is 0 Å². The fourth-order valence-corrected chi connectivity index (χ4v) is 1.66. The minimum Gasteiger partial charge on any atom is -0.385 e. The molecule has 1 amide bonds. The molecule has 0 spiro atoms. The van der Waals surface area contributed by atoms with Crippen LogP contribution in [0, 0.1) is 0 Å². The van der Waals surface area contributed by atoms with E-state index in [1.807, 2.05) is 0 Å². The predicted molar refractivity (Wildman–Crippen MR) is 79.1 cm³/mol. The molecule has 0 radical (unpaired) electrons. The van der Waals surface area contributed by atoms with Gasteiger partial charge < -0.3 is 10.1 Å². The number of halogens is 1. The van der Waals surface area contributed by atoms with Gasteiger partial charge in [0, 0.05) is 20.3 Å². The first-order valence-electron chi connectivity index (χ1n) is 5.73. The second-order valence-corrected chi connectivity index (χ2v) is 4.48. The van der Waals surface area contributed by atoms with E-state index in [1.165, 1.54) is 0 Å². The van der Waals surface area contributed by atoms with E-state index in [0.29, 0.717) is 28.9 Å². The van der Waals surface area contributed by atoms with Crippen LogP contribution in [-0.4, -0.2) is 31.3 Å². The SMILES string of the molecule is COCCCNC(=S)NNC(=O)c1ccccc1Cl. The van der Waals surface area contributed by atoms with E-state index in [2.05, 4.69) is 16.2 Å². The molecule has 0 saturated carbocycles. The van der Waals surface area contributed by atoms with E-state index in [0.717, 1.165) is 6.42 Å². The Labute approximate surface area is 122 Å². The first-order valence-corrected chi connectivity index (χ1v) is 6.51. The molecule has 0 heterocycles. The zero-order valence-electron chi connectivity index (χ0n) is 10.5. The van der Waals surface area contributed by atoms with Gasteiger partial charge in [-0.1, -0.05) is 23.7 Å². The molecule has 0 saturated heterocycles.